The molecule has 1 saturated heterocycles. The second-order valence-electron chi connectivity index (χ2n) is 6.80. The van der Waals surface area contributed by atoms with Crippen molar-refractivity contribution in [2.45, 2.75) is 71.5 Å². The van der Waals surface area contributed by atoms with Crippen molar-refractivity contribution in [1.29, 1.82) is 0 Å². The Balaban J connectivity index is 1.74. The molecule has 1 heterocycles. The third-order valence-corrected chi connectivity index (χ3v) is 4.08. The van der Waals surface area contributed by atoms with Gasteiger partial charge in [-0.25, -0.2) is 0 Å². The van der Waals surface area contributed by atoms with Gasteiger partial charge in [0.05, 0.1) is 0 Å². The molecule has 1 saturated carbocycles. The minimum Gasteiger partial charge on any atom is -0.313 e. The molecule has 0 bridgehead atoms. The summed E-state index contributed by atoms with van der Waals surface area (Å²) in [5.74, 6) is 0. The zero-order valence-corrected chi connectivity index (χ0v) is 11.4. The van der Waals surface area contributed by atoms with Crippen molar-refractivity contribution < 1.29 is 0 Å². The van der Waals surface area contributed by atoms with E-state index in [1.807, 2.05) is 0 Å². The monoisotopic (exact) mass is 224 g/mol. The molecule has 0 amide bonds. The van der Waals surface area contributed by atoms with Crippen LogP contribution in [-0.4, -0.2) is 36.1 Å². The summed E-state index contributed by atoms with van der Waals surface area (Å²) in [6, 6.07) is 2.39. The summed E-state index contributed by atoms with van der Waals surface area (Å²) in [6.07, 6.45) is 5.55. The van der Waals surface area contributed by atoms with Gasteiger partial charge in [0, 0.05) is 31.2 Å². The van der Waals surface area contributed by atoms with E-state index in [9.17, 15) is 0 Å². The molecule has 94 valence electrons. The topological polar surface area (TPSA) is 15.3 Å². The number of rotatable bonds is 5. The zero-order chi connectivity index (χ0) is 11.8. The van der Waals surface area contributed by atoms with E-state index in [0.717, 1.165) is 18.1 Å². The number of nitrogens with one attached hydrogen (secondary N) is 1. The van der Waals surface area contributed by atoms with E-state index in [0.29, 0.717) is 5.41 Å². The highest BCUT2D eigenvalue weighted by Crippen LogP contribution is 2.31. The van der Waals surface area contributed by atoms with E-state index >= 15 is 0 Å². The molecule has 2 nitrogen and oxygen atoms in total. The lowest BCUT2D eigenvalue weighted by molar-refractivity contribution is 0.200. The van der Waals surface area contributed by atoms with Crippen LogP contribution in [0.1, 0.15) is 53.4 Å². The van der Waals surface area contributed by atoms with Crippen LogP contribution in [0.3, 0.4) is 0 Å². The number of hydrogen-bond donors (Lipinski definition) is 1. The normalized spacial score (nSPS) is 29.2. The van der Waals surface area contributed by atoms with Gasteiger partial charge in [0.2, 0.25) is 0 Å². The van der Waals surface area contributed by atoms with Crippen LogP contribution in [0.2, 0.25) is 0 Å². The number of nitrogens with zero attached hydrogens (tertiary/aromatic N) is 1. The zero-order valence-electron chi connectivity index (χ0n) is 11.4. The minimum absolute atomic E-state index is 0.521. The van der Waals surface area contributed by atoms with Gasteiger partial charge in [0.15, 0.2) is 0 Å². The smallest absolute Gasteiger partial charge is 0.00991 e. The molecule has 1 aliphatic carbocycles. The molecule has 2 rings (SSSR count). The number of hydrogen-bond acceptors (Lipinski definition) is 2. The van der Waals surface area contributed by atoms with Crippen molar-refractivity contribution in [3.05, 3.63) is 0 Å². The molecule has 16 heavy (non-hydrogen) atoms. The van der Waals surface area contributed by atoms with Crippen molar-refractivity contribution >= 4 is 0 Å². The second-order valence-corrected chi connectivity index (χ2v) is 6.80. The highest BCUT2D eigenvalue weighted by molar-refractivity contribution is 4.90. The molecule has 2 fully saturated rings. The van der Waals surface area contributed by atoms with Crippen LogP contribution in [0, 0.1) is 5.41 Å². The molecule has 1 unspecified atom stereocenters. The van der Waals surface area contributed by atoms with Crippen LogP contribution in [-0.2, 0) is 0 Å². The summed E-state index contributed by atoms with van der Waals surface area (Å²) in [6.45, 7) is 11.9. The van der Waals surface area contributed by atoms with Crippen molar-refractivity contribution in [2.24, 2.45) is 5.41 Å². The van der Waals surface area contributed by atoms with Gasteiger partial charge in [-0.1, -0.05) is 13.8 Å². The van der Waals surface area contributed by atoms with Crippen molar-refractivity contribution in [3.8, 4) is 0 Å². The first-order valence-corrected chi connectivity index (χ1v) is 6.97. The Kier molecular flexibility index (Phi) is 3.60. The molecule has 2 heteroatoms. The lowest BCUT2D eigenvalue weighted by atomic mass is 9.90. The van der Waals surface area contributed by atoms with Gasteiger partial charge in [-0.3, -0.25) is 4.90 Å². The second kappa shape index (κ2) is 4.66. The van der Waals surface area contributed by atoms with Crippen LogP contribution in [0.5, 0.6) is 0 Å². The Labute approximate surface area is 101 Å². The molecule has 0 aromatic heterocycles. The van der Waals surface area contributed by atoms with E-state index in [-0.39, 0.29) is 0 Å². The molecule has 0 spiro atoms. The fourth-order valence-electron chi connectivity index (χ4n) is 3.01. The fourth-order valence-corrected chi connectivity index (χ4v) is 3.01. The first kappa shape index (κ1) is 12.4. The van der Waals surface area contributed by atoms with Crippen LogP contribution >= 0.6 is 0 Å². The Morgan fingerprint density at radius 2 is 2.00 bits per heavy atom. The summed E-state index contributed by atoms with van der Waals surface area (Å²) in [5.41, 5.74) is 0.521. The predicted molar refractivity (Wildman–Crippen MR) is 69.7 cm³/mol. The van der Waals surface area contributed by atoms with E-state index < -0.39 is 0 Å². The lowest BCUT2D eigenvalue weighted by Gasteiger charge is -2.27. The Bertz CT molecular complexity index is 229. The van der Waals surface area contributed by atoms with Gasteiger partial charge in [-0.15, -0.1) is 0 Å². The average Bonchev–Trinajstić information content (AvgIpc) is 2.92. The summed E-state index contributed by atoms with van der Waals surface area (Å²) in [4.78, 5) is 2.70. The summed E-state index contributed by atoms with van der Waals surface area (Å²) in [7, 11) is 0. The highest BCUT2D eigenvalue weighted by atomic mass is 15.2. The molecule has 0 aromatic rings. The Morgan fingerprint density at radius 1 is 1.31 bits per heavy atom. The van der Waals surface area contributed by atoms with Crippen LogP contribution in [0.4, 0.5) is 0 Å². The molecule has 2 aliphatic rings. The van der Waals surface area contributed by atoms with Gasteiger partial charge < -0.3 is 5.32 Å². The summed E-state index contributed by atoms with van der Waals surface area (Å²) >= 11 is 0. The van der Waals surface area contributed by atoms with Gasteiger partial charge >= 0.3 is 0 Å². The maximum atomic E-state index is 3.67. The lowest BCUT2D eigenvalue weighted by Crippen LogP contribution is -2.36. The fraction of sp³-hybridized carbons (Fsp3) is 1.00. The molecule has 1 atom stereocenters. The maximum Gasteiger partial charge on any atom is 0.00991 e. The third kappa shape index (κ3) is 3.21. The van der Waals surface area contributed by atoms with Crippen LogP contribution in [0.25, 0.3) is 0 Å². The van der Waals surface area contributed by atoms with Gasteiger partial charge in [0.1, 0.15) is 0 Å². The minimum atomic E-state index is 0.521. The van der Waals surface area contributed by atoms with E-state index in [2.05, 4.69) is 37.9 Å². The van der Waals surface area contributed by atoms with Crippen molar-refractivity contribution in [1.82, 2.24) is 10.2 Å². The first-order chi connectivity index (χ1) is 7.48. The summed E-state index contributed by atoms with van der Waals surface area (Å²) in [5, 5.41) is 3.67. The molecule has 1 aliphatic heterocycles. The van der Waals surface area contributed by atoms with Gasteiger partial charge in [0.25, 0.3) is 0 Å². The SMILES string of the molecule is CC(C)N(CCC1CC(C)(C)CN1)C1CC1. The first-order valence-electron chi connectivity index (χ1n) is 6.97. The van der Waals surface area contributed by atoms with E-state index in [1.54, 1.807) is 0 Å². The van der Waals surface area contributed by atoms with Crippen molar-refractivity contribution in [2.75, 3.05) is 13.1 Å². The maximum absolute atomic E-state index is 3.67. The average molecular weight is 224 g/mol. The molecule has 0 aromatic carbocycles. The highest BCUT2D eigenvalue weighted by Gasteiger charge is 2.33. The van der Waals surface area contributed by atoms with Crippen LogP contribution in [0.15, 0.2) is 0 Å². The van der Waals surface area contributed by atoms with Gasteiger partial charge in [-0.05, 0) is 44.9 Å². The Morgan fingerprint density at radius 3 is 2.44 bits per heavy atom. The largest absolute Gasteiger partial charge is 0.313 e. The van der Waals surface area contributed by atoms with E-state index in [4.69, 9.17) is 0 Å². The van der Waals surface area contributed by atoms with E-state index in [1.165, 1.54) is 38.8 Å². The molecule has 0 radical (unpaired) electrons. The van der Waals surface area contributed by atoms with Crippen LogP contribution < -0.4 is 5.32 Å². The summed E-state index contributed by atoms with van der Waals surface area (Å²) < 4.78 is 0. The molecular weight excluding hydrogens is 196 g/mol. The standard InChI is InChI=1S/C14H28N2/c1-11(2)16(13-5-6-13)8-7-12-9-14(3,4)10-15-12/h11-13,15H,5-10H2,1-4H3. The quantitative estimate of drug-likeness (QED) is 0.772. The molecular formula is C14H28N2. The predicted octanol–water partition coefficient (Wildman–Crippen LogP) is 2.64. The van der Waals surface area contributed by atoms with Crippen molar-refractivity contribution in [3.63, 3.8) is 0 Å². The molecule has 1 N–H and O–H groups in total. The van der Waals surface area contributed by atoms with Gasteiger partial charge in [-0.2, -0.15) is 0 Å². The Hall–Kier alpha value is -0.0800. The third-order valence-electron chi connectivity index (χ3n) is 4.08.